The van der Waals surface area contributed by atoms with Gasteiger partial charge in [0.05, 0.1) is 6.61 Å². The van der Waals surface area contributed by atoms with E-state index in [1.54, 1.807) is 0 Å². The van der Waals surface area contributed by atoms with Crippen molar-refractivity contribution < 1.29 is 4.74 Å². The minimum absolute atomic E-state index is 0.498. The van der Waals surface area contributed by atoms with E-state index in [-0.39, 0.29) is 0 Å². The molecule has 1 unspecified atom stereocenters. The van der Waals surface area contributed by atoms with E-state index < -0.39 is 0 Å². The Balaban J connectivity index is 2.04. The first kappa shape index (κ1) is 14.9. The van der Waals surface area contributed by atoms with Crippen molar-refractivity contribution in [3.8, 4) is 17.6 Å². The van der Waals surface area contributed by atoms with Crippen LogP contribution in [0.4, 0.5) is 0 Å². The third-order valence-electron chi connectivity index (χ3n) is 3.74. The molecule has 1 atom stereocenters. The van der Waals surface area contributed by atoms with Gasteiger partial charge in [0.2, 0.25) is 0 Å². The summed E-state index contributed by atoms with van der Waals surface area (Å²) in [5.74, 6) is 6.90. The van der Waals surface area contributed by atoms with Crippen LogP contribution in [0.3, 0.4) is 0 Å². The fourth-order valence-electron chi connectivity index (χ4n) is 2.74. The number of hydrogen-bond donors (Lipinski definition) is 1. The van der Waals surface area contributed by atoms with Crippen LogP contribution >= 0.6 is 0 Å². The Kier molecular flexibility index (Phi) is 5.95. The van der Waals surface area contributed by atoms with Gasteiger partial charge in [0.25, 0.3) is 0 Å². The molecule has 20 heavy (non-hydrogen) atoms. The summed E-state index contributed by atoms with van der Waals surface area (Å²) in [6.07, 6.45) is 5.68. The highest BCUT2D eigenvalue weighted by molar-refractivity contribution is 5.39. The summed E-state index contributed by atoms with van der Waals surface area (Å²) in [7, 11) is 0. The zero-order chi connectivity index (χ0) is 14.2. The van der Waals surface area contributed by atoms with Gasteiger partial charge < -0.3 is 10.1 Å². The van der Waals surface area contributed by atoms with E-state index in [0.29, 0.717) is 12.6 Å². The number of hydrogen-bond acceptors (Lipinski definition) is 2. The van der Waals surface area contributed by atoms with Crippen LogP contribution in [0.25, 0.3) is 0 Å². The molecular weight excluding hydrogens is 246 g/mol. The Hall–Kier alpha value is -1.46. The van der Waals surface area contributed by atoms with Crippen molar-refractivity contribution in [2.75, 3.05) is 13.2 Å². The van der Waals surface area contributed by atoms with Crippen molar-refractivity contribution in [3.05, 3.63) is 29.3 Å². The molecule has 1 aromatic carbocycles. The van der Waals surface area contributed by atoms with Crippen LogP contribution in [0.2, 0.25) is 0 Å². The van der Waals surface area contributed by atoms with E-state index in [0.717, 1.165) is 18.7 Å². The number of benzene rings is 1. The van der Waals surface area contributed by atoms with E-state index in [4.69, 9.17) is 4.74 Å². The predicted octanol–water partition coefficient (Wildman–Crippen LogP) is 3.86. The molecule has 0 bridgehead atoms. The molecule has 0 aliphatic heterocycles. The van der Waals surface area contributed by atoms with E-state index in [9.17, 15) is 0 Å². The fraction of sp³-hybridized carbons (Fsp3) is 0.556. The van der Waals surface area contributed by atoms with Gasteiger partial charge in [-0.2, -0.15) is 0 Å². The van der Waals surface area contributed by atoms with Gasteiger partial charge in [-0.1, -0.05) is 13.0 Å². The molecule has 108 valence electrons. The topological polar surface area (TPSA) is 21.3 Å². The van der Waals surface area contributed by atoms with E-state index >= 15 is 0 Å². The van der Waals surface area contributed by atoms with Crippen LogP contribution in [-0.4, -0.2) is 13.2 Å². The van der Waals surface area contributed by atoms with E-state index in [2.05, 4.69) is 42.3 Å². The molecule has 0 radical (unpaired) electrons. The van der Waals surface area contributed by atoms with Crippen LogP contribution in [0.5, 0.6) is 5.75 Å². The lowest BCUT2D eigenvalue weighted by Gasteiger charge is -2.27. The van der Waals surface area contributed by atoms with Gasteiger partial charge in [0, 0.05) is 12.5 Å². The van der Waals surface area contributed by atoms with E-state index in [1.807, 2.05) is 6.92 Å². The first-order chi connectivity index (χ1) is 9.85. The van der Waals surface area contributed by atoms with Crippen LogP contribution in [-0.2, 0) is 6.42 Å². The zero-order valence-corrected chi connectivity index (χ0v) is 12.7. The van der Waals surface area contributed by atoms with Crippen molar-refractivity contribution in [3.63, 3.8) is 0 Å². The van der Waals surface area contributed by atoms with Gasteiger partial charge in [0.15, 0.2) is 0 Å². The van der Waals surface area contributed by atoms with Gasteiger partial charge in [-0.3, -0.25) is 0 Å². The molecule has 1 aliphatic carbocycles. The molecular formula is C18H25NO. The lowest BCUT2D eigenvalue weighted by Crippen LogP contribution is -2.25. The Labute approximate surface area is 122 Å². The largest absolute Gasteiger partial charge is 0.493 e. The molecule has 1 aromatic rings. The average Bonchev–Trinajstić information content (AvgIpc) is 2.49. The van der Waals surface area contributed by atoms with Crippen LogP contribution < -0.4 is 10.1 Å². The third-order valence-corrected chi connectivity index (χ3v) is 3.74. The van der Waals surface area contributed by atoms with Crippen LogP contribution in [0, 0.1) is 11.8 Å². The maximum absolute atomic E-state index is 5.80. The number of fused-ring (bicyclic) bond motifs is 1. The van der Waals surface area contributed by atoms with Gasteiger partial charge in [0.1, 0.15) is 5.75 Å². The second kappa shape index (κ2) is 7.97. The molecule has 0 aromatic heterocycles. The summed E-state index contributed by atoms with van der Waals surface area (Å²) in [5, 5.41) is 3.65. The highest BCUT2D eigenvalue weighted by Gasteiger charge is 2.19. The number of rotatable bonds is 6. The number of nitrogens with one attached hydrogen (secondary N) is 1. The molecule has 0 saturated carbocycles. The van der Waals surface area contributed by atoms with Crippen LogP contribution in [0.1, 0.15) is 56.7 Å². The summed E-state index contributed by atoms with van der Waals surface area (Å²) in [6, 6.07) is 7.05. The van der Waals surface area contributed by atoms with Crippen molar-refractivity contribution in [1.29, 1.82) is 0 Å². The SMILES string of the molecule is CC#CCCOc1ccc2c(c1)C(NCCC)CCC2. The molecule has 0 spiro atoms. The van der Waals surface area contributed by atoms with Gasteiger partial charge >= 0.3 is 0 Å². The highest BCUT2D eigenvalue weighted by atomic mass is 16.5. The van der Waals surface area contributed by atoms with Crippen molar-refractivity contribution >= 4 is 0 Å². The predicted molar refractivity (Wildman–Crippen MR) is 84.0 cm³/mol. The second-order valence-electron chi connectivity index (χ2n) is 5.28. The second-order valence-corrected chi connectivity index (χ2v) is 5.28. The Bertz CT molecular complexity index is 484. The van der Waals surface area contributed by atoms with Gasteiger partial charge in [-0.05, 0) is 62.4 Å². The maximum Gasteiger partial charge on any atom is 0.119 e. The average molecular weight is 271 g/mol. The minimum atomic E-state index is 0.498. The van der Waals surface area contributed by atoms with Crippen molar-refractivity contribution in [2.24, 2.45) is 0 Å². The molecule has 2 heteroatoms. The van der Waals surface area contributed by atoms with Crippen LogP contribution in [0.15, 0.2) is 18.2 Å². The number of ether oxygens (including phenoxy) is 1. The summed E-state index contributed by atoms with van der Waals surface area (Å²) >= 11 is 0. The summed E-state index contributed by atoms with van der Waals surface area (Å²) in [5.41, 5.74) is 2.91. The van der Waals surface area contributed by atoms with Gasteiger partial charge in [-0.15, -0.1) is 11.8 Å². The monoisotopic (exact) mass is 271 g/mol. The summed E-state index contributed by atoms with van der Waals surface area (Å²) in [6.45, 7) is 5.84. The highest BCUT2D eigenvalue weighted by Crippen LogP contribution is 2.32. The molecule has 0 fully saturated rings. The molecule has 2 nitrogen and oxygen atoms in total. The zero-order valence-electron chi connectivity index (χ0n) is 12.7. The van der Waals surface area contributed by atoms with Gasteiger partial charge in [-0.25, -0.2) is 0 Å². The maximum atomic E-state index is 5.80. The summed E-state index contributed by atoms with van der Waals surface area (Å²) < 4.78 is 5.80. The minimum Gasteiger partial charge on any atom is -0.493 e. The van der Waals surface area contributed by atoms with E-state index in [1.165, 1.54) is 36.8 Å². The molecule has 0 amide bonds. The molecule has 1 aliphatic rings. The fourth-order valence-corrected chi connectivity index (χ4v) is 2.74. The first-order valence-electron chi connectivity index (χ1n) is 7.73. The lowest BCUT2D eigenvalue weighted by molar-refractivity contribution is 0.325. The van der Waals surface area contributed by atoms with Crippen molar-refractivity contribution in [2.45, 2.75) is 52.0 Å². The molecule has 1 N–H and O–H groups in total. The Morgan fingerprint density at radius 1 is 1.40 bits per heavy atom. The quantitative estimate of drug-likeness (QED) is 0.626. The normalized spacial score (nSPS) is 17.0. The molecule has 2 rings (SSSR count). The summed E-state index contributed by atoms with van der Waals surface area (Å²) in [4.78, 5) is 0. The first-order valence-corrected chi connectivity index (χ1v) is 7.73. The van der Waals surface area contributed by atoms with Crippen molar-refractivity contribution in [1.82, 2.24) is 5.32 Å². The molecule has 0 heterocycles. The standard InChI is InChI=1S/C18H25NO/c1-3-5-6-13-20-16-11-10-15-8-7-9-18(17(15)14-16)19-12-4-2/h10-11,14,18-19H,4,6-9,12-13H2,1-2H3. The third kappa shape index (κ3) is 4.02. The Morgan fingerprint density at radius 3 is 3.10 bits per heavy atom. The molecule has 0 saturated heterocycles. The smallest absolute Gasteiger partial charge is 0.119 e. The number of aryl methyl sites for hydroxylation is 1. The lowest BCUT2D eigenvalue weighted by atomic mass is 9.87. The Morgan fingerprint density at radius 2 is 2.30 bits per heavy atom.